The molecule has 1 aromatic heterocycles. The molecule has 0 saturated carbocycles. The first-order valence-electron chi connectivity index (χ1n) is 15.3. The molecule has 8 nitrogen and oxygen atoms in total. The second-order valence-corrected chi connectivity index (χ2v) is 11.4. The third-order valence-electron chi connectivity index (χ3n) is 8.28. The first-order chi connectivity index (χ1) is 22.9. The molecule has 1 atom stereocenters. The molecule has 0 bridgehead atoms. The Labute approximate surface area is 270 Å². The lowest BCUT2D eigenvalue weighted by molar-refractivity contribution is -0.136. The summed E-state index contributed by atoms with van der Waals surface area (Å²) in [7, 11) is 0. The summed E-state index contributed by atoms with van der Waals surface area (Å²) in [6.45, 7) is 1.65. The van der Waals surface area contributed by atoms with Gasteiger partial charge in [-0.3, -0.25) is 4.79 Å². The number of nitrogens with zero attached hydrogens (tertiary/aromatic N) is 2. The van der Waals surface area contributed by atoms with E-state index < -0.39 is 24.1 Å². The molecule has 0 unspecified atom stereocenters. The highest BCUT2D eigenvalue weighted by Gasteiger charge is 2.33. The highest BCUT2D eigenvalue weighted by molar-refractivity contribution is 6.05. The molecule has 0 spiro atoms. The van der Waals surface area contributed by atoms with Gasteiger partial charge in [0.05, 0.1) is 17.3 Å². The summed E-state index contributed by atoms with van der Waals surface area (Å²) in [6.07, 6.45) is 0.541. The van der Waals surface area contributed by atoms with Gasteiger partial charge < -0.3 is 13.9 Å². The van der Waals surface area contributed by atoms with Crippen LogP contribution in [0, 0.1) is 6.92 Å². The van der Waals surface area contributed by atoms with E-state index in [4.69, 9.17) is 19.0 Å². The predicted molar refractivity (Wildman–Crippen MR) is 179 cm³/mol. The van der Waals surface area contributed by atoms with Crippen molar-refractivity contribution in [3.63, 3.8) is 0 Å². The highest BCUT2D eigenvalue weighted by atomic mass is 16.5. The van der Waals surface area contributed by atoms with Gasteiger partial charge in [-0.05, 0) is 70.3 Å². The van der Waals surface area contributed by atoms with Crippen molar-refractivity contribution in [2.45, 2.75) is 26.0 Å². The van der Waals surface area contributed by atoms with Crippen LogP contribution in [-0.2, 0) is 16.1 Å². The van der Waals surface area contributed by atoms with Crippen LogP contribution in [0.4, 0.5) is 0 Å². The van der Waals surface area contributed by atoms with E-state index in [1.165, 1.54) is 11.1 Å². The van der Waals surface area contributed by atoms with Gasteiger partial charge >= 0.3 is 11.6 Å². The number of fused-ring (bicyclic) bond motifs is 2. The van der Waals surface area contributed by atoms with Crippen molar-refractivity contribution in [1.29, 1.82) is 0 Å². The van der Waals surface area contributed by atoms with Crippen LogP contribution in [0.15, 0.2) is 136 Å². The number of aryl methyl sites for hydroxylation is 1. The molecule has 1 amide bonds. The number of carbonyl (C=O) groups excluding carboxylic acids is 2. The van der Waals surface area contributed by atoms with E-state index >= 15 is 0 Å². The third kappa shape index (κ3) is 6.39. The van der Waals surface area contributed by atoms with Crippen LogP contribution in [-0.4, -0.2) is 29.2 Å². The molecule has 7 rings (SSSR count). The number of amides is 1. The van der Waals surface area contributed by atoms with Gasteiger partial charge in [-0.2, -0.15) is 5.10 Å². The molecule has 0 N–H and O–H groups in total. The lowest BCUT2D eigenvalue weighted by Gasteiger charge is -2.21. The standard InChI is InChI=1S/C39H30N2O6/c1-25-19-38(43)47-36-21-32(17-18-33(25)36)45-23-26-11-13-29(14-12-26)39(44)46-24-37(42)41-35(28-8-3-2-4-9-28)22-34(40-41)31-16-15-27-7-5-6-10-30(27)20-31/h2-21,35H,22-24H2,1H3/t35-/m1/s1. The van der Waals surface area contributed by atoms with Crippen LogP contribution in [0.2, 0.25) is 0 Å². The molecule has 1 aliphatic rings. The van der Waals surface area contributed by atoms with Gasteiger partial charge in [0.2, 0.25) is 0 Å². The Morgan fingerprint density at radius 2 is 1.62 bits per heavy atom. The number of hydrazone groups is 1. The summed E-state index contributed by atoms with van der Waals surface area (Å²) in [4.78, 5) is 38.1. The molecule has 0 aliphatic carbocycles. The molecule has 232 valence electrons. The van der Waals surface area contributed by atoms with Crippen molar-refractivity contribution in [1.82, 2.24) is 5.01 Å². The molecule has 47 heavy (non-hydrogen) atoms. The number of carbonyl (C=O) groups is 2. The smallest absolute Gasteiger partial charge is 0.338 e. The van der Waals surface area contributed by atoms with Crippen LogP contribution in [0.5, 0.6) is 5.75 Å². The van der Waals surface area contributed by atoms with E-state index in [0.29, 0.717) is 23.3 Å². The number of ether oxygens (including phenoxy) is 2. The number of hydrogen-bond donors (Lipinski definition) is 0. The zero-order valence-corrected chi connectivity index (χ0v) is 25.6. The van der Waals surface area contributed by atoms with Crippen LogP contribution in [0.1, 0.15) is 45.1 Å². The Bertz CT molecular complexity index is 2210. The number of hydrogen-bond acceptors (Lipinski definition) is 7. The molecular formula is C39H30N2O6. The minimum atomic E-state index is -0.611. The van der Waals surface area contributed by atoms with Crippen molar-refractivity contribution in [2.75, 3.05) is 6.61 Å². The lowest BCUT2D eigenvalue weighted by Crippen LogP contribution is -2.31. The molecule has 1 aliphatic heterocycles. The summed E-state index contributed by atoms with van der Waals surface area (Å²) in [5.74, 6) is -0.468. The van der Waals surface area contributed by atoms with Gasteiger partial charge in [-0.15, -0.1) is 0 Å². The second kappa shape index (κ2) is 12.8. The first kappa shape index (κ1) is 29.7. The van der Waals surface area contributed by atoms with Crippen LogP contribution in [0.25, 0.3) is 21.7 Å². The normalized spacial score (nSPS) is 14.3. The van der Waals surface area contributed by atoms with Gasteiger partial charge in [0.25, 0.3) is 5.91 Å². The number of rotatable bonds is 8. The maximum Gasteiger partial charge on any atom is 0.338 e. The molecule has 5 aromatic carbocycles. The Morgan fingerprint density at radius 3 is 2.43 bits per heavy atom. The van der Waals surface area contributed by atoms with E-state index in [-0.39, 0.29) is 12.6 Å². The maximum atomic E-state index is 13.4. The van der Waals surface area contributed by atoms with Crippen molar-refractivity contribution >= 4 is 39.3 Å². The van der Waals surface area contributed by atoms with E-state index in [1.54, 1.807) is 30.3 Å². The average molecular weight is 623 g/mol. The van der Waals surface area contributed by atoms with Crippen LogP contribution in [0.3, 0.4) is 0 Å². The van der Waals surface area contributed by atoms with Crippen LogP contribution < -0.4 is 10.4 Å². The lowest BCUT2D eigenvalue weighted by atomic mass is 9.97. The SMILES string of the molecule is Cc1cc(=O)oc2cc(OCc3ccc(C(=O)OCC(=O)N4N=C(c5ccc6ccccc6c5)C[C@@H]4c4ccccc4)cc3)ccc12. The van der Waals surface area contributed by atoms with E-state index in [2.05, 4.69) is 24.3 Å². The number of esters is 1. The average Bonchev–Trinajstić information content (AvgIpc) is 3.56. The van der Waals surface area contributed by atoms with Gasteiger partial charge in [0.15, 0.2) is 6.61 Å². The zero-order valence-electron chi connectivity index (χ0n) is 25.6. The van der Waals surface area contributed by atoms with Crippen LogP contribution >= 0.6 is 0 Å². The fourth-order valence-corrected chi connectivity index (χ4v) is 5.79. The molecule has 8 heteroatoms. The van der Waals surface area contributed by atoms with E-state index in [0.717, 1.165) is 44.1 Å². The minimum Gasteiger partial charge on any atom is -0.489 e. The molecular weight excluding hydrogens is 592 g/mol. The van der Waals surface area contributed by atoms with Crippen molar-refractivity contribution in [3.8, 4) is 5.75 Å². The summed E-state index contributed by atoms with van der Waals surface area (Å²) < 4.78 is 16.6. The quantitative estimate of drug-likeness (QED) is 0.130. The molecule has 0 radical (unpaired) electrons. The first-order valence-corrected chi connectivity index (χ1v) is 15.3. The Balaban J connectivity index is 1.00. The summed E-state index contributed by atoms with van der Waals surface area (Å²) in [5.41, 5.74) is 4.71. The Hall–Kier alpha value is -6.02. The van der Waals surface area contributed by atoms with Gasteiger partial charge in [0.1, 0.15) is 17.9 Å². The molecule has 6 aromatic rings. The van der Waals surface area contributed by atoms with Gasteiger partial charge in [0, 0.05) is 23.9 Å². The topological polar surface area (TPSA) is 98.4 Å². The predicted octanol–water partition coefficient (Wildman–Crippen LogP) is 7.37. The zero-order chi connectivity index (χ0) is 32.3. The molecule has 2 heterocycles. The van der Waals surface area contributed by atoms with E-state index in [9.17, 15) is 14.4 Å². The minimum absolute atomic E-state index is 0.239. The monoisotopic (exact) mass is 622 g/mol. The van der Waals surface area contributed by atoms with Crippen molar-refractivity contribution < 1.29 is 23.5 Å². The second-order valence-electron chi connectivity index (χ2n) is 11.4. The largest absolute Gasteiger partial charge is 0.489 e. The van der Waals surface area contributed by atoms with Crippen molar-refractivity contribution in [3.05, 3.63) is 160 Å². The molecule has 0 fully saturated rings. The fraction of sp³-hybridized carbons (Fsp3) is 0.128. The Morgan fingerprint density at radius 1 is 0.851 bits per heavy atom. The maximum absolute atomic E-state index is 13.4. The highest BCUT2D eigenvalue weighted by Crippen LogP contribution is 2.33. The van der Waals surface area contributed by atoms with Gasteiger partial charge in [-0.1, -0.05) is 78.9 Å². The third-order valence-corrected chi connectivity index (χ3v) is 8.28. The number of benzene rings is 5. The van der Waals surface area contributed by atoms with E-state index in [1.807, 2.05) is 67.6 Å². The van der Waals surface area contributed by atoms with Gasteiger partial charge in [-0.25, -0.2) is 14.6 Å². The summed E-state index contributed by atoms with van der Waals surface area (Å²) in [5, 5.41) is 9.24. The fourth-order valence-electron chi connectivity index (χ4n) is 5.79. The Kier molecular flexibility index (Phi) is 8.06. The summed E-state index contributed by atoms with van der Waals surface area (Å²) in [6, 6.07) is 37.3. The molecule has 0 saturated heterocycles. The van der Waals surface area contributed by atoms with Crippen molar-refractivity contribution in [2.24, 2.45) is 5.10 Å². The summed E-state index contributed by atoms with van der Waals surface area (Å²) >= 11 is 0.